The van der Waals surface area contributed by atoms with Gasteiger partial charge in [-0.25, -0.2) is 5.43 Å². The maximum atomic E-state index is 4.51. The summed E-state index contributed by atoms with van der Waals surface area (Å²) in [6, 6.07) is 0. The number of thioether (sulfide) groups is 1. The quantitative estimate of drug-likeness (QED) is 0.653. The lowest BCUT2D eigenvalue weighted by Crippen LogP contribution is -2.68. The Morgan fingerprint density at radius 3 is 3.33 bits per heavy atom. The van der Waals surface area contributed by atoms with Crippen molar-refractivity contribution in [3.63, 3.8) is 0 Å². The monoisotopic (exact) mass is 226 g/mol. The number of hydrazone groups is 1. The number of hydrogen-bond donors (Lipinski definition) is 2. The third kappa shape index (κ3) is 1.52. The van der Waals surface area contributed by atoms with Crippen molar-refractivity contribution in [1.82, 2.24) is 15.9 Å². The second-order valence-corrected chi connectivity index (χ2v) is 5.80. The van der Waals surface area contributed by atoms with Gasteiger partial charge in [-0.15, -0.1) is 0 Å². The topological polar surface area (TPSA) is 39.7 Å². The van der Waals surface area contributed by atoms with Gasteiger partial charge in [-0.2, -0.15) is 5.10 Å². The van der Waals surface area contributed by atoms with E-state index in [1.165, 1.54) is 25.7 Å². The van der Waals surface area contributed by atoms with Crippen molar-refractivity contribution in [3.05, 3.63) is 0 Å². The molecule has 2 atom stereocenters. The third-order valence-corrected chi connectivity index (χ3v) is 4.72. The number of nitrogens with one attached hydrogen (secondary N) is 2. The largest absolute Gasteiger partial charge is 0.286 e. The molecule has 3 aliphatic rings. The van der Waals surface area contributed by atoms with Crippen LogP contribution in [0.1, 0.15) is 32.6 Å². The highest BCUT2D eigenvalue weighted by molar-refractivity contribution is 8.14. The molecule has 2 fully saturated rings. The number of hydrogen-bond acceptors (Lipinski definition) is 5. The van der Waals surface area contributed by atoms with Gasteiger partial charge in [0.25, 0.3) is 0 Å². The Morgan fingerprint density at radius 1 is 1.53 bits per heavy atom. The van der Waals surface area contributed by atoms with Crippen LogP contribution in [0, 0.1) is 5.92 Å². The van der Waals surface area contributed by atoms with E-state index >= 15 is 0 Å². The Balaban J connectivity index is 1.82. The van der Waals surface area contributed by atoms with Crippen LogP contribution in [-0.4, -0.2) is 28.1 Å². The Morgan fingerprint density at radius 2 is 2.47 bits per heavy atom. The lowest BCUT2D eigenvalue weighted by molar-refractivity contribution is 0.0420. The van der Waals surface area contributed by atoms with Gasteiger partial charge in [0.15, 0.2) is 5.17 Å². The third-order valence-electron chi connectivity index (χ3n) is 3.76. The van der Waals surface area contributed by atoms with E-state index in [0.29, 0.717) is 5.92 Å². The number of hydrazine groups is 1. The molecule has 1 spiro atoms. The Hall–Kier alpha value is -0.420. The fraction of sp³-hybridized carbons (Fsp3) is 0.900. The van der Waals surface area contributed by atoms with Gasteiger partial charge in [0, 0.05) is 12.3 Å². The van der Waals surface area contributed by atoms with Crippen LogP contribution in [0.15, 0.2) is 5.10 Å². The molecular formula is C10H18N4S. The Labute approximate surface area is 94.8 Å². The predicted octanol–water partition coefficient (Wildman–Crippen LogP) is 1.32. The highest BCUT2D eigenvalue weighted by Gasteiger charge is 2.43. The van der Waals surface area contributed by atoms with Crippen LogP contribution >= 0.6 is 11.8 Å². The van der Waals surface area contributed by atoms with Crippen LogP contribution in [0.2, 0.25) is 0 Å². The van der Waals surface area contributed by atoms with Gasteiger partial charge >= 0.3 is 0 Å². The molecule has 4 nitrogen and oxygen atoms in total. The summed E-state index contributed by atoms with van der Waals surface area (Å²) in [6.45, 7) is 3.41. The van der Waals surface area contributed by atoms with Crippen molar-refractivity contribution in [2.45, 2.75) is 38.3 Å². The summed E-state index contributed by atoms with van der Waals surface area (Å²) in [5.74, 6) is 1.81. The molecule has 0 bridgehead atoms. The Kier molecular flexibility index (Phi) is 2.32. The van der Waals surface area contributed by atoms with Crippen molar-refractivity contribution in [1.29, 1.82) is 0 Å². The summed E-state index contributed by atoms with van der Waals surface area (Å²) in [5, 5.41) is 7.85. The van der Waals surface area contributed by atoms with E-state index in [1.54, 1.807) is 0 Å². The van der Waals surface area contributed by atoms with Crippen LogP contribution < -0.4 is 10.9 Å². The van der Waals surface area contributed by atoms with E-state index in [1.807, 2.05) is 11.8 Å². The smallest absolute Gasteiger partial charge is 0.197 e. The van der Waals surface area contributed by atoms with Crippen LogP contribution in [0.4, 0.5) is 0 Å². The predicted molar refractivity (Wildman–Crippen MR) is 63.2 cm³/mol. The molecule has 0 amide bonds. The van der Waals surface area contributed by atoms with Crippen molar-refractivity contribution in [3.8, 4) is 0 Å². The highest BCUT2D eigenvalue weighted by Crippen LogP contribution is 2.34. The second-order valence-electron chi connectivity index (χ2n) is 4.74. The molecule has 0 aromatic heterocycles. The van der Waals surface area contributed by atoms with Crippen LogP contribution in [0.25, 0.3) is 0 Å². The molecule has 0 aromatic carbocycles. The molecule has 2 aliphatic heterocycles. The minimum atomic E-state index is 0.0344. The van der Waals surface area contributed by atoms with Gasteiger partial charge in [-0.1, -0.05) is 25.1 Å². The van der Waals surface area contributed by atoms with E-state index in [2.05, 4.69) is 27.9 Å². The van der Waals surface area contributed by atoms with Gasteiger partial charge in [0.1, 0.15) is 5.66 Å². The number of rotatable bonds is 0. The van der Waals surface area contributed by atoms with Gasteiger partial charge in [-0.05, 0) is 25.2 Å². The first-order valence-electron chi connectivity index (χ1n) is 5.83. The molecule has 0 aromatic rings. The van der Waals surface area contributed by atoms with E-state index in [4.69, 9.17) is 0 Å². The number of amidine groups is 1. The second kappa shape index (κ2) is 3.56. The van der Waals surface area contributed by atoms with Gasteiger partial charge in [0.2, 0.25) is 0 Å². The van der Waals surface area contributed by atoms with Crippen molar-refractivity contribution in [2.24, 2.45) is 11.0 Å². The van der Waals surface area contributed by atoms with Crippen LogP contribution in [-0.2, 0) is 0 Å². The normalized spacial score (nSPS) is 39.9. The zero-order valence-electron chi connectivity index (χ0n) is 9.12. The molecule has 2 heterocycles. The maximum absolute atomic E-state index is 4.51. The zero-order valence-corrected chi connectivity index (χ0v) is 9.94. The first-order valence-corrected chi connectivity index (χ1v) is 6.82. The molecule has 84 valence electrons. The van der Waals surface area contributed by atoms with Crippen molar-refractivity contribution >= 4 is 16.9 Å². The first kappa shape index (κ1) is 9.78. The van der Waals surface area contributed by atoms with Crippen LogP contribution in [0.5, 0.6) is 0 Å². The van der Waals surface area contributed by atoms with Gasteiger partial charge in [0.05, 0.1) is 0 Å². The maximum Gasteiger partial charge on any atom is 0.197 e. The highest BCUT2D eigenvalue weighted by atomic mass is 32.2. The SMILES string of the molecule is CC1CCCCC12NN=C1SCCN1N2. The summed E-state index contributed by atoms with van der Waals surface area (Å²) < 4.78 is 0. The molecule has 1 aliphatic carbocycles. The zero-order chi connectivity index (χ0) is 10.3. The molecule has 0 radical (unpaired) electrons. The fourth-order valence-electron chi connectivity index (χ4n) is 2.69. The lowest BCUT2D eigenvalue weighted by atomic mass is 9.80. The molecule has 2 N–H and O–H groups in total. The molecule has 5 heteroatoms. The average molecular weight is 226 g/mol. The van der Waals surface area contributed by atoms with Crippen LogP contribution in [0.3, 0.4) is 0 Å². The van der Waals surface area contributed by atoms with Gasteiger partial charge < -0.3 is 0 Å². The summed E-state index contributed by atoms with van der Waals surface area (Å²) in [5.41, 5.74) is 7.06. The molecule has 1 saturated carbocycles. The minimum Gasteiger partial charge on any atom is -0.286 e. The summed E-state index contributed by atoms with van der Waals surface area (Å²) in [4.78, 5) is 0. The summed E-state index contributed by atoms with van der Waals surface area (Å²) in [6.07, 6.45) is 5.14. The van der Waals surface area contributed by atoms with E-state index in [0.717, 1.165) is 17.5 Å². The lowest BCUT2D eigenvalue weighted by Gasteiger charge is -2.47. The first-order chi connectivity index (χ1) is 7.30. The number of nitrogens with zero attached hydrogens (tertiary/aromatic N) is 2. The number of fused-ring (bicyclic) bond motifs is 1. The summed E-state index contributed by atoms with van der Waals surface area (Å²) >= 11 is 1.83. The molecule has 2 unspecified atom stereocenters. The minimum absolute atomic E-state index is 0.0344. The average Bonchev–Trinajstić information content (AvgIpc) is 2.69. The van der Waals surface area contributed by atoms with E-state index in [-0.39, 0.29) is 5.66 Å². The fourth-order valence-corrected chi connectivity index (χ4v) is 3.55. The molecular weight excluding hydrogens is 208 g/mol. The van der Waals surface area contributed by atoms with E-state index < -0.39 is 0 Å². The van der Waals surface area contributed by atoms with E-state index in [9.17, 15) is 0 Å². The standard InChI is InChI=1S/C10H18N4S/c1-8-4-2-3-5-10(8)12-11-9-14(13-10)6-7-15-9/h8,12-13H,2-7H2,1H3. The van der Waals surface area contributed by atoms with Gasteiger partial charge in [-0.3, -0.25) is 10.4 Å². The molecule has 3 rings (SSSR count). The molecule has 1 saturated heterocycles. The summed E-state index contributed by atoms with van der Waals surface area (Å²) in [7, 11) is 0. The molecule has 15 heavy (non-hydrogen) atoms. The van der Waals surface area contributed by atoms with Crippen molar-refractivity contribution < 1.29 is 0 Å². The Bertz CT molecular complexity index is 293. The van der Waals surface area contributed by atoms with Crippen molar-refractivity contribution in [2.75, 3.05) is 12.3 Å².